The number of aliphatic hydroxyl groups excluding tert-OH is 4. The smallest absolute Gasteiger partial charge is 0.0633 e. The minimum Gasteiger partial charge on any atom is -0.396 e. The zero-order valence-electron chi connectivity index (χ0n) is 24.3. The normalized spacial score (nSPS) is 58.1. The first-order chi connectivity index (χ1) is 16.6. The molecule has 206 valence electrons. The summed E-state index contributed by atoms with van der Waals surface area (Å²) in [4.78, 5) is 0. The summed E-state index contributed by atoms with van der Waals surface area (Å²) in [7, 11) is 0. The molecule has 4 fully saturated rings. The fourth-order valence-corrected chi connectivity index (χ4v) is 11.5. The molecule has 36 heavy (non-hydrogen) atoms. The largest absolute Gasteiger partial charge is 0.396 e. The van der Waals surface area contributed by atoms with E-state index in [9.17, 15) is 20.4 Å². The molecule has 4 saturated carbocycles. The van der Waals surface area contributed by atoms with Crippen LogP contribution in [0.1, 0.15) is 100 Å². The van der Waals surface area contributed by atoms with Crippen molar-refractivity contribution in [2.75, 3.05) is 13.2 Å². The van der Waals surface area contributed by atoms with Crippen molar-refractivity contribution in [3.8, 4) is 0 Å². The molecule has 0 bridgehead atoms. The van der Waals surface area contributed by atoms with Gasteiger partial charge in [-0.15, -0.1) is 0 Å². The van der Waals surface area contributed by atoms with Gasteiger partial charge in [0.15, 0.2) is 0 Å². The predicted octanol–water partition coefficient (Wildman–Crippen LogP) is 5.58. The Balaban J connectivity index is 1.63. The number of aliphatic hydroxyl groups is 4. The van der Waals surface area contributed by atoms with Gasteiger partial charge in [-0.2, -0.15) is 0 Å². The van der Waals surface area contributed by atoms with E-state index in [-0.39, 0.29) is 58.0 Å². The van der Waals surface area contributed by atoms with Gasteiger partial charge in [0, 0.05) is 17.4 Å². The first-order valence-corrected chi connectivity index (χ1v) is 14.9. The van der Waals surface area contributed by atoms with Crippen LogP contribution in [-0.2, 0) is 0 Å². The van der Waals surface area contributed by atoms with Crippen LogP contribution >= 0.6 is 0 Å². The van der Waals surface area contributed by atoms with Gasteiger partial charge in [0.2, 0.25) is 0 Å². The third kappa shape index (κ3) is 3.02. The maximum Gasteiger partial charge on any atom is 0.0633 e. The average molecular weight is 503 g/mol. The first kappa shape index (κ1) is 27.2. The molecule has 4 N–H and O–H groups in total. The summed E-state index contributed by atoms with van der Waals surface area (Å²) in [5.41, 5.74) is 1.01. The molecule has 0 heterocycles. The standard InChI is InChI=1S/C32H54O4/c1-19-26(36)32(8)20(17-33)15-31(7)21(22(32)16-27(19,2)3)9-10-24-28(4)13-12-25(35)29(5,18-34)23(28)11-14-30(24,31)6/h9,19-20,22-26,33-36H,10-18H2,1-8H3/t19-,20-,22?,23?,24?,25-,26-,28-,29+,30+,31+,32+/m0/s1. The molecule has 0 amide bonds. The summed E-state index contributed by atoms with van der Waals surface area (Å²) in [5, 5.41) is 44.0. The van der Waals surface area contributed by atoms with Crippen LogP contribution in [0.25, 0.3) is 0 Å². The fourth-order valence-electron chi connectivity index (χ4n) is 11.5. The van der Waals surface area contributed by atoms with Crippen molar-refractivity contribution >= 4 is 0 Å². The Morgan fingerprint density at radius 1 is 0.889 bits per heavy atom. The van der Waals surface area contributed by atoms with Crippen molar-refractivity contribution in [3.05, 3.63) is 11.6 Å². The Labute approximate surface area is 220 Å². The molecule has 4 heteroatoms. The van der Waals surface area contributed by atoms with E-state index in [0.717, 1.165) is 44.9 Å². The second-order valence-electron chi connectivity index (χ2n) is 15.9. The molecule has 0 aromatic rings. The topological polar surface area (TPSA) is 80.9 Å². The van der Waals surface area contributed by atoms with Crippen molar-refractivity contribution in [3.63, 3.8) is 0 Å². The number of hydrogen-bond acceptors (Lipinski definition) is 4. The molecule has 0 aromatic carbocycles. The molecule has 3 unspecified atom stereocenters. The Morgan fingerprint density at radius 2 is 1.56 bits per heavy atom. The minimum atomic E-state index is -0.439. The van der Waals surface area contributed by atoms with E-state index in [1.54, 1.807) is 5.57 Å². The minimum absolute atomic E-state index is 0.0243. The molecule has 0 aliphatic heterocycles. The van der Waals surface area contributed by atoms with Crippen LogP contribution in [-0.4, -0.2) is 45.8 Å². The third-order valence-corrected chi connectivity index (χ3v) is 14.6. The van der Waals surface area contributed by atoms with Crippen molar-refractivity contribution in [2.24, 2.45) is 62.1 Å². The highest BCUT2D eigenvalue weighted by molar-refractivity contribution is 5.35. The first-order valence-electron chi connectivity index (χ1n) is 14.9. The fraction of sp³-hybridized carbons (Fsp3) is 0.938. The van der Waals surface area contributed by atoms with E-state index in [2.05, 4.69) is 61.5 Å². The summed E-state index contributed by atoms with van der Waals surface area (Å²) in [6, 6.07) is 0. The molecule has 4 nitrogen and oxygen atoms in total. The van der Waals surface area contributed by atoms with Crippen LogP contribution in [0.5, 0.6) is 0 Å². The molecule has 0 aromatic heterocycles. The summed E-state index contributed by atoms with van der Waals surface area (Å²) in [6.07, 6.45) is 8.69. The summed E-state index contributed by atoms with van der Waals surface area (Å²) >= 11 is 0. The van der Waals surface area contributed by atoms with Crippen LogP contribution in [0.2, 0.25) is 0 Å². The van der Waals surface area contributed by atoms with Crippen molar-refractivity contribution in [2.45, 2.75) is 113 Å². The van der Waals surface area contributed by atoms with Crippen molar-refractivity contribution in [1.29, 1.82) is 0 Å². The molecular formula is C32H54O4. The summed E-state index contributed by atoms with van der Waals surface area (Å²) in [5.74, 6) is 1.36. The van der Waals surface area contributed by atoms with Gasteiger partial charge in [-0.05, 0) is 96.2 Å². The van der Waals surface area contributed by atoms with Gasteiger partial charge in [0.1, 0.15) is 0 Å². The van der Waals surface area contributed by atoms with E-state index >= 15 is 0 Å². The Hall–Kier alpha value is -0.420. The SMILES string of the molecule is C[C@H]1[C@H](O)[C@@]2(C)C(CC1(C)C)C1=CCC3[C@@]4(C)CC[C@H](O)[C@](C)(CO)C4CC[C@@]3(C)[C@]1(C)C[C@H]2CO. The van der Waals surface area contributed by atoms with Gasteiger partial charge < -0.3 is 20.4 Å². The van der Waals surface area contributed by atoms with Gasteiger partial charge in [-0.1, -0.05) is 67.0 Å². The summed E-state index contributed by atoms with van der Waals surface area (Å²) < 4.78 is 0. The van der Waals surface area contributed by atoms with Crippen LogP contribution in [0.3, 0.4) is 0 Å². The van der Waals surface area contributed by atoms with Gasteiger partial charge in [-0.3, -0.25) is 0 Å². The number of rotatable bonds is 2. The lowest BCUT2D eigenvalue weighted by Crippen LogP contribution is -2.68. The molecule has 5 aliphatic carbocycles. The zero-order chi connectivity index (χ0) is 26.7. The molecule has 12 atom stereocenters. The van der Waals surface area contributed by atoms with Gasteiger partial charge in [0.25, 0.3) is 0 Å². The van der Waals surface area contributed by atoms with Crippen LogP contribution in [0.4, 0.5) is 0 Å². The number of hydrogen-bond donors (Lipinski definition) is 4. The second-order valence-corrected chi connectivity index (χ2v) is 15.9. The van der Waals surface area contributed by atoms with E-state index < -0.39 is 17.6 Å². The Morgan fingerprint density at radius 3 is 2.17 bits per heavy atom. The lowest BCUT2D eigenvalue weighted by Gasteiger charge is -2.73. The molecule has 0 saturated heterocycles. The highest BCUT2D eigenvalue weighted by Crippen LogP contribution is 2.76. The van der Waals surface area contributed by atoms with Crippen LogP contribution in [0.15, 0.2) is 11.6 Å². The van der Waals surface area contributed by atoms with E-state index in [4.69, 9.17) is 0 Å². The lowest BCUT2D eigenvalue weighted by atomic mass is 9.32. The van der Waals surface area contributed by atoms with Gasteiger partial charge in [0.05, 0.1) is 18.8 Å². The Bertz CT molecular complexity index is 927. The maximum atomic E-state index is 11.8. The molecule has 0 spiro atoms. The molecule has 5 rings (SSSR count). The average Bonchev–Trinajstić information content (AvgIpc) is 2.82. The van der Waals surface area contributed by atoms with Crippen LogP contribution in [0, 0.1) is 62.1 Å². The second kappa shape index (κ2) is 8.05. The van der Waals surface area contributed by atoms with E-state index in [1.165, 1.54) is 0 Å². The quantitative estimate of drug-likeness (QED) is 0.372. The third-order valence-electron chi connectivity index (χ3n) is 14.6. The number of fused-ring (bicyclic) bond motifs is 7. The maximum absolute atomic E-state index is 11.8. The molecular weight excluding hydrogens is 448 g/mol. The lowest BCUT2D eigenvalue weighted by molar-refractivity contribution is -0.232. The summed E-state index contributed by atoms with van der Waals surface area (Å²) in [6.45, 7) is 18.9. The zero-order valence-corrected chi connectivity index (χ0v) is 24.3. The molecule has 5 aliphatic rings. The van der Waals surface area contributed by atoms with Crippen molar-refractivity contribution in [1.82, 2.24) is 0 Å². The monoisotopic (exact) mass is 502 g/mol. The highest BCUT2D eigenvalue weighted by Gasteiger charge is 2.71. The molecule has 0 radical (unpaired) electrons. The van der Waals surface area contributed by atoms with Crippen LogP contribution < -0.4 is 0 Å². The van der Waals surface area contributed by atoms with Gasteiger partial charge in [-0.25, -0.2) is 0 Å². The van der Waals surface area contributed by atoms with E-state index in [0.29, 0.717) is 11.8 Å². The predicted molar refractivity (Wildman–Crippen MR) is 144 cm³/mol. The highest BCUT2D eigenvalue weighted by atomic mass is 16.3. The van der Waals surface area contributed by atoms with Crippen molar-refractivity contribution < 1.29 is 20.4 Å². The Kier molecular flexibility index (Phi) is 6.08. The van der Waals surface area contributed by atoms with Gasteiger partial charge >= 0.3 is 0 Å². The van der Waals surface area contributed by atoms with E-state index in [1.807, 2.05) is 0 Å². The number of allylic oxidation sites excluding steroid dienone is 2.